The van der Waals surface area contributed by atoms with Gasteiger partial charge in [-0.1, -0.05) is 0 Å². The molecule has 1 heterocycles. The van der Waals surface area contributed by atoms with Crippen LogP contribution in [0.25, 0.3) is 0 Å². The maximum absolute atomic E-state index is 8.54. The van der Waals surface area contributed by atoms with Crippen LogP contribution in [0.5, 0.6) is 0 Å². The summed E-state index contributed by atoms with van der Waals surface area (Å²) < 4.78 is 4.95. The molecule has 10 heavy (non-hydrogen) atoms. The lowest BCUT2D eigenvalue weighted by molar-refractivity contribution is 0.549. The number of hydrogen-bond donors (Lipinski definition) is 0. The van der Waals surface area contributed by atoms with Crippen LogP contribution in [0.2, 0.25) is 0 Å². The molecule has 0 unspecified atom stereocenters. The third-order valence-corrected chi connectivity index (χ3v) is 1.81. The molecule has 0 atom stereocenters. The number of nitrogens with zero attached hydrogens (tertiary/aromatic N) is 1. The van der Waals surface area contributed by atoms with Crippen LogP contribution in [0, 0.1) is 11.3 Å². The van der Waals surface area contributed by atoms with Crippen LogP contribution in [0.3, 0.4) is 0 Å². The Morgan fingerprint density at radius 3 is 3.00 bits per heavy atom. The molecule has 0 aliphatic heterocycles. The first-order valence-corrected chi connectivity index (χ1v) is 3.39. The number of nitriles is 1. The fourth-order valence-electron chi connectivity index (χ4n) is 1.13. The van der Waals surface area contributed by atoms with Crippen molar-refractivity contribution in [3.8, 4) is 6.07 Å². The largest absolute Gasteiger partial charge is 0.454 e. The van der Waals surface area contributed by atoms with Crippen molar-refractivity contribution in [1.29, 1.82) is 5.26 Å². The molecular weight excluding hydrogens is 126 g/mol. The molecule has 0 saturated heterocycles. The Bertz CT molecular complexity index is 278. The average molecular weight is 133 g/mol. The van der Waals surface area contributed by atoms with E-state index in [9.17, 15) is 0 Å². The molecule has 1 aromatic rings. The summed E-state index contributed by atoms with van der Waals surface area (Å²) in [6, 6.07) is 3.93. The molecule has 2 nitrogen and oxygen atoms in total. The molecule has 0 amide bonds. The molecule has 1 aliphatic carbocycles. The molecule has 2 heteroatoms. The molecule has 0 radical (unpaired) electrons. The molecule has 0 bridgehead atoms. The van der Waals surface area contributed by atoms with E-state index in [0.29, 0.717) is 11.7 Å². The van der Waals surface area contributed by atoms with Gasteiger partial charge >= 0.3 is 0 Å². The highest BCUT2D eigenvalue weighted by atomic mass is 16.3. The van der Waals surface area contributed by atoms with Gasteiger partial charge in [-0.2, -0.15) is 5.26 Å². The van der Waals surface area contributed by atoms with Crippen LogP contribution in [0.15, 0.2) is 16.7 Å². The predicted molar refractivity (Wildman–Crippen MR) is 35.4 cm³/mol. The van der Waals surface area contributed by atoms with Crippen LogP contribution >= 0.6 is 0 Å². The van der Waals surface area contributed by atoms with Gasteiger partial charge in [-0.3, -0.25) is 0 Å². The molecule has 0 spiro atoms. The SMILES string of the molecule is N#Cc1occc1C1CC1. The number of furan rings is 1. The minimum absolute atomic E-state index is 0.502. The quantitative estimate of drug-likeness (QED) is 0.587. The molecule has 1 saturated carbocycles. The Hall–Kier alpha value is -1.23. The van der Waals surface area contributed by atoms with Crippen molar-refractivity contribution in [2.75, 3.05) is 0 Å². The van der Waals surface area contributed by atoms with Crippen LogP contribution < -0.4 is 0 Å². The highest BCUT2D eigenvalue weighted by Gasteiger charge is 2.27. The molecule has 0 aromatic carbocycles. The summed E-state index contributed by atoms with van der Waals surface area (Å²) in [5.74, 6) is 1.12. The summed E-state index contributed by atoms with van der Waals surface area (Å²) in [5.41, 5.74) is 1.10. The zero-order valence-electron chi connectivity index (χ0n) is 5.50. The number of rotatable bonds is 1. The lowest BCUT2D eigenvalue weighted by atomic mass is 10.2. The second-order valence-electron chi connectivity index (χ2n) is 2.59. The second-order valence-corrected chi connectivity index (χ2v) is 2.59. The van der Waals surface area contributed by atoms with Gasteiger partial charge in [0.15, 0.2) is 0 Å². The van der Waals surface area contributed by atoms with Crippen molar-refractivity contribution < 1.29 is 4.42 Å². The summed E-state index contributed by atoms with van der Waals surface area (Å²) in [7, 11) is 0. The lowest BCUT2D eigenvalue weighted by Gasteiger charge is -1.86. The molecule has 1 fully saturated rings. The van der Waals surface area contributed by atoms with Gasteiger partial charge in [0.1, 0.15) is 6.07 Å². The van der Waals surface area contributed by atoms with E-state index in [0.717, 1.165) is 5.56 Å². The minimum Gasteiger partial charge on any atom is -0.454 e. The fourth-order valence-corrected chi connectivity index (χ4v) is 1.13. The predicted octanol–water partition coefficient (Wildman–Crippen LogP) is 2.03. The van der Waals surface area contributed by atoms with E-state index in [1.54, 1.807) is 6.26 Å². The van der Waals surface area contributed by atoms with Crippen molar-refractivity contribution in [2.45, 2.75) is 18.8 Å². The molecule has 2 rings (SSSR count). The van der Waals surface area contributed by atoms with E-state index in [1.165, 1.54) is 12.8 Å². The first kappa shape index (κ1) is 5.55. The van der Waals surface area contributed by atoms with Gasteiger partial charge in [-0.05, 0) is 24.8 Å². The summed E-state index contributed by atoms with van der Waals surface area (Å²) in [4.78, 5) is 0. The summed E-state index contributed by atoms with van der Waals surface area (Å²) in [6.07, 6.45) is 4.02. The Morgan fingerprint density at radius 1 is 1.60 bits per heavy atom. The van der Waals surface area contributed by atoms with Gasteiger partial charge in [0.05, 0.1) is 6.26 Å². The summed E-state index contributed by atoms with van der Waals surface area (Å²) >= 11 is 0. The van der Waals surface area contributed by atoms with Gasteiger partial charge in [-0.15, -0.1) is 0 Å². The van der Waals surface area contributed by atoms with Gasteiger partial charge in [0.25, 0.3) is 0 Å². The van der Waals surface area contributed by atoms with Crippen molar-refractivity contribution >= 4 is 0 Å². The van der Waals surface area contributed by atoms with Crippen LogP contribution in [0.1, 0.15) is 30.1 Å². The third kappa shape index (κ3) is 0.714. The monoisotopic (exact) mass is 133 g/mol. The Morgan fingerprint density at radius 2 is 2.40 bits per heavy atom. The Labute approximate surface area is 59.1 Å². The minimum atomic E-state index is 0.502. The Kier molecular flexibility index (Phi) is 1.04. The third-order valence-electron chi connectivity index (χ3n) is 1.81. The van der Waals surface area contributed by atoms with E-state index in [2.05, 4.69) is 0 Å². The highest BCUT2D eigenvalue weighted by Crippen LogP contribution is 2.41. The van der Waals surface area contributed by atoms with Crippen LogP contribution in [-0.2, 0) is 0 Å². The first-order valence-electron chi connectivity index (χ1n) is 3.39. The molecule has 1 aromatic heterocycles. The maximum Gasteiger partial charge on any atom is 0.206 e. The highest BCUT2D eigenvalue weighted by molar-refractivity contribution is 5.33. The fraction of sp³-hybridized carbons (Fsp3) is 0.375. The smallest absolute Gasteiger partial charge is 0.206 e. The Balaban J connectivity index is 2.40. The van der Waals surface area contributed by atoms with Crippen molar-refractivity contribution in [3.63, 3.8) is 0 Å². The number of hydrogen-bond acceptors (Lipinski definition) is 2. The zero-order valence-corrected chi connectivity index (χ0v) is 5.50. The van der Waals surface area contributed by atoms with Gasteiger partial charge in [0.2, 0.25) is 5.76 Å². The van der Waals surface area contributed by atoms with Gasteiger partial charge < -0.3 is 4.42 Å². The second kappa shape index (κ2) is 1.88. The van der Waals surface area contributed by atoms with Gasteiger partial charge in [0, 0.05) is 5.56 Å². The van der Waals surface area contributed by atoms with E-state index in [-0.39, 0.29) is 0 Å². The van der Waals surface area contributed by atoms with E-state index in [1.807, 2.05) is 12.1 Å². The molecule has 50 valence electrons. The van der Waals surface area contributed by atoms with Crippen molar-refractivity contribution in [3.05, 3.63) is 23.7 Å². The van der Waals surface area contributed by atoms with E-state index >= 15 is 0 Å². The molecule has 1 aliphatic rings. The normalized spacial score (nSPS) is 16.7. The average Bonchev–Trinajstić information content (AvgIpc) is 2.69. The van der Waals surface area contributed by atoms with Crippen LogP contribution in [0.4, 0.5) is 0 Å². The maximum atomic E-state index is 8.54. The van der Waals surface area contributed by atoms with E-state index in [4.69, 9.17) is 9.68 Å². The zero-order chi connectivity index (χ0) is 6.97. The van der Waals surface area contributed by atoms with Crippen molar-refractivity contribution in [2.24, 2.45) is 0 Å². The van der Waals surface area contributed by atoms with Crippen LogP contribution in [-0.4, -0.2) is 0 Å². The molecular formula is C8H7NO. The van der Waals surface area contributed by atoms with Gasteiger partial charge in [-0.25, -0.2) is 0 Å². The van der Waals surface area contributed by atoms with E-state index < -0.39 is 0 Å². The first-order chi connectivity index (χ1) is 4.92. The lowest BCUT2D eigenvalue weighted by Crippen LogP contribution is -1.77. The standard InChI is InChI=1S/C8H7NO/c9-5-8-7(3-4-10-8)6-1-2-6/h3-4,6H,1-2H2. The molecule has 0 N–H and O–H groups in total. The summed E-state index contributed by atoms with van der Waals surface area (Å²) in [6.45, 7) is 0. The summed E-state index contributed by atoms with van der Waals surface area (Å²) in [5, 5.41) is 8.54. The topological polar surface area (TPSA) is 36.9 Å². The van der Waals surface area contributed by atoms with Crippen molar-refractivity contribution in [1.82, 2.24) is 0 Å².